The number of rotatable bonds is 5. The Balaban J connectivity index is 0.825. The van der Waals surface area contributed by atoms with Crippen molar-refractivity contribution in [3.05, 3.63) is 36.0 Å². The summed E-state index contributed by atoms with van der Waals surface area (Å²) in [6, 6.07) is 0. The Hall–Kier alpha value is -1.34. The van der Waals surface area contributed by atoms with Gasteiger partial charge in [-0.1, -0.05) is 31.7 Å². The van der Waals surface area contributed by atoms with Gasteiger partial charge in [-0.2, -0.15) is 0 Å². The van der Waals surface area contributed by atoms with E-state index in [9.17, 15) is 20.4 Å². The number of hydrogen-bond acceptors (Lipinski definition) is 14. The standard InChI is InChI=1S/C50H76O14/c1-26(25-52)16-29-18-38(54)50(8)42(55-29)21-35-36(61-50)20-34-31(56-35)10-9-13-46(4)43(59-34)24-49(7)41(62-46)22-40-47(5,64-49)14-11-32-45(60-40)28(3)17-33-37(57-32)23-48(6)39(58-33)19-30(53)44(63-48)27(2)12-15-51/h9-10,12,28-45,51-54H,1,11,13-25H2,2-8H3/b10-9-,27-12+/t28-,29-,30+,31-,32+,33+,34+,35+,36-,37-,38+,39-,40+,41-,42-,43-,44-,45-,46+,47-,48+,49+,50+/m1/s1. The van der Waals surface area contributed by atoms with E-state index in [4.69, 9.17) is 47.4 Å². The minimum atomic E-state index is -0.889. The first kappa shape index (κ1) is 46.4. The van der Waals surface area contributed by atoms with Crippen molar-refractivity contribution in [1.82, 2.24) is 0 Å². The Morgan fingerprint density at radius 2 is 1.45 bits per heavy atom. The van der Waals surface area contributed by atoms with Gasteiger partial charge in [0.1, 0.15) is 17.8 Å². The van der Waals surface area contributed by atoms with Gasteiger partial charge in [0.15, 0.2) is 0 Å². The minimum absolute atomic E-state index is 0.103. The topological polar surface area (TPSA) is 173 Å². The quantitative estimate of drug-likeness (QED) is 0.280. The number of ether oxygens (including phenoxy) is 10. The van der Waals surface area contributed by atoms with Gasteiger partial charge in [-0.3, -0.25) is 0 Å². The third kappa shape index (κ3) is 8.06. The molecule has 0 radical (unpaired) electrons. The largest absolute Gasteiger partial charge is 0.392 e. The average Bonchev–Trinajstić information content (AvgIpc) is 3.43. The van der Waals surface area contributed by atoms with E-state index < -0.39 is 46.3 Å². The first-order chi connectivity index (χ1) is 30.3. The van der Waals surface area contributed by atoms with Gasteiger partial charge in [0.05, 0.1) is 127 Å². The predicted octanol–water partition coefficient (Wildman–Crippen LogP) is 4.69. The van der Waals surface area contributed by atoms with Gasteiger partial charge in [0.25, 0.3) is 0 Å². The van der Waals surface area contributed by atoms with Crippen LogP contribution in [0.4, 0.5) is 0 Å². The van der Waals surface area contributed by atoms with Crippen molar-refractivity contribution in [3.8, 4) is 0 Å². The molecule has 0 aliphatic carbocycles. The lowest BCUT2D eigenvalue weighted by Gasteiger charge is -2.60. The van der Waals surface area contributed by atoms with Gasteiger partial charge in [-0.25, -0.2) is 0 Å². The molecule has 0 spiro atoms. The molecule has 0 aromatic heterocycles. The number of fused-ring (bicyclic) bond motifs is 9. The molecule has 0 aromatic rings. The molecule has 10 rings (SSSR count). The minimum Gasteiger partial charge on any atom is -0.392 e. The zero-order valence-electron chi connectivity index (χ0n) is 39.1. The van der Waals surface area contributed by atoms with E-state index >= 15 is 0 Å². The molecule has 14 nitrogen and oxygen atoms in total. The summed E-state index contributed by atoms with van der Waals surface area (Å²) in [6.45, 7) is 18.5. The fourth-order valence-corrected chi connectivity index (χ4v) is 13.7. The van der Waals surface area contributed by atoms with Crippen molar-refractivity contribution < 1.29 is 67.8 Å². The first-order valence-electron chi connectivity index (χ1n) is 24.6. The van der Waals surface area contributed by atoms with Crippen LogP contribution in [-0.4, -0.2) is 165 Å². The molecule has 10 aliphatic heterocycles. The molecule has 10 aliphatic rings. The Morgan fingerprint density at radius 1 is 0.688 bits per heavy atom. The second-order valence-corrected chi connectivity index (χ2v) is 22.6. The van der Waals surface area contributed by atoms with Crippen molar-refractivity contribution in [2.24, 2.45) is 5.92 Å². The highest BCUT2D eigenvalue weighted by molar-refractivity contribution is 5.17. The first-order valence-corrected chi connectivity index (χ1v) is 24.6. The summed E-state index contributed by atoms with van der Waals surface area (Å²) in [5.74, 6) is 0.158. The third-order valence-corrected chi connectivity index (χ3v) is 17.7. The molecule has 0 aromatic carbocycles. The van der Waals surface area contributed by atoms with Crippen LogP contribution in [-0.2, 0) is 47.4 Å². The molecule has 360 valence electrons. The number of aliphatic hydroxyl groups is 4. The molecule has 0 saturated carbocycles. The van der Waals surface area contributed by atoms with Crippen LogP contribution in [0.1, 0.15) is 126 Å². The van der Waals surface area contributed by atoms with Crippen LogP contribution in [0.5, 0.6) is 0 Å². The normalized spacial score (nSPS) is 56.5. The molecule has 14 heteroatoms. The summed E-state index contributed by atoms with van der Waals surface area (Å²) in [4.78, 5) is 0. The smallest absolute Gasteiger partial charge is 0.118 e. The van der Waals surface area contributed by atoms with Crippen LogP contribution in [0.2, 0.25) is 0 Å². The second kappa shape index (κ2) is 17.0. The summed E-state index contributed by atoms with van der Waals surface area (Å²) in [5.41, 5.74) is -1.86. The third-order valence-electron chi connectivity index (χ3n) is 17.7. The molecule has 9 fully saturated rings. The summed E-state index contributed by atoms with van der Waals surface area (Å²) >= 11 is 0. The van der Waals surface area contributed by atoms with Gasteiger partial charge < -0.3 is 67.8 Å². The van der Waals surface area contributed by atoms with Crippen LogP contribution in [0, 0.1) is 5.92 Å². The fourth-order valence-electron chi connectivity index (χ4n) is 13.7. The molecular formula is C50H76O14. The highest BCUT2D eigenvalue weighted by Crippen LogP contribution is 2.55. The Labute approximate surface area is 379 Å². The molecule has 10 heterocycles. The highest BCUT2D eigenvalue weighted by atomic mass is 16.6. The molecule has 0 amide bonds. The van der Waals surface area contributed by atoms with Crippen LogP contribution < -0.4 is 0 Å². The zero-order valence-corrected chi connectivity index (χ0v) is 39.1. The maximum atomic E-state index is 11.4. The Morgan fingerprint density at radius 3 is 2.23 bits per heavy atom. The van der Waals surface area contributed by atoms with E-state index in [-0.39, 0.29) is 105 Å². The zero-order chi connectivity index (χ0) is 45.1. The maximum absolute atomic E-state index is 11.4. The van der Waals surface area contributed by atoms with Crippen LogP contribution in [0.25, 0.3) is 0 Å². The van der Waals surface area contributed by atoms with Gasteiger partial charge in [-0.15, -0.1) is 0 Å². The number of aliphatic hydroxyl groups excluding tert-OH is 4. The maximum Gasteiger partial charge on any atom is 0.118 e. The molecular weight excluding hydrogens is 825 g/mol. The highest BCUT2D eigenvalue weighted by Gasteiger charge is 2.64. The lowest BCUT2D eigenvalue weighted by Crippen LogP contribution is -2.70. The van der Waals surface area contributed by atoms with E-state index in [1.54, 1.807) is 6.08 Å². The van der Waals surface area contributed by atoms with Crippen molar-refractivity contribution in [2.45, 2.75) is 257 Å². The molecule has 64 heavy (non-hydrogen) atoms. The summed E-state index contributed by atoms with van der Waals surface area (Å²) in [6.07, 6.45) is 8.40. The van der Waals surface area contributed by atoms with Gasteiger partial charge in [0, 0.05) is 44.9 Å². The summed E-state index contributed by atoms with van der Waals surface area (Å²) < 4.78 is 69.7. The SMILES string of the molecule is C=C(CO)C[C@@H]1C[C@H](O)[C@]2(C)O[C@@H]3C[C@@H]4O[C@@H]5C[C@]6(C)O[C@]7(C)CC[C@@H]8O[C@@H]9C[C@]%10(C)O[C@H](/C(C)=C/CO)[C@@H](O)C[C@H]%10O[C@H]9C[C@@H](C)[C@H]8O[C@H]7C[C@H]6O[C@@]5(C)C/C=C\[C@H]4O[C@H]3C[C@H]2O1. The van der Waals surface area contributed by atoms with E-state index in [1.807, 2.05) is 13.8 Å². The Kier molecular flexibility index (Phi) is 12.3. The van der Waals surface area contributed by atoms with Crippen molar-refractivity contribution in [1.29, 1.82) is 0 Å². The monoisotopic (exact) mass is 901 g/mol. The molecule has 23 atom stereocenters. The van der Waals surface area contributed by atoms with Gasteiger partial charge in [0.2, 0.25) is 0 Å². The molecule has 4 N–H and O–H groups in total. The Bertz CT molecular complexity index is 1810. The molecule has 0 unspecified atom stereocenters. The average molecular weight is 901 g/mol. The number of hydrogen-bond donors (Lipinski definition) is 4. The molecule has 9 saturated heterocycles. The fraction of sp³-hybridized carbons (Fsp3) is 0.880. The lowest BCUT2D eigenvalue weighted by molar-refractivity contribution is -0.356. The summed E-state index contributed by atoms with van der Waals surface area (Å²) in [7, 11) is 0. The van der Waals surface area contributed by atoms with Crippen molar-refractivity contribution in [3.63, 3.8) is 0 Å². The second-order valence-electron chi connectivity index (χ2n) is 22.6. The van der Waals surface area contributed by atoms with Crippen LogP contribution in [0.15, 0.2) is 36.0 Å². The summed E-state index contributed by atoms with van der Waals surface area (Å²) in [5, 5.41) is 41.7. The van der Waals surface area contributed by atoms with E-state index in [1.165, 1.54) is 0 Å². The molecule has 0 bridgehead atoms. The van der Waals surface area contributed by atoms with Gasteiger partial charge >= 0.3 is 0 Å². The van der Waals surface area contributed by atoms with Gasteiger partial charge in [-0.05, 0) is 90.7 Å². The van der Waals surface area contributed by atoms with Crippen molar-refractivity contribution >= 4 is 0 Å². The lowest BCUT2D eigenvalue weighted by atomic mass is 9.72. The van der Waals surface area contributed by atoms with E-state index in [0.717, 1.165) is 24.8 Å². The van der Waals surface area contributed by atoms with Crippen LogP contribution >= 0.6 is 0 Å². The predicted molar refractivity (Wildman–Crippen MR) is 232 cm³/mol. The van der Waals surface area contributed by atoms with Crippen LogP contribution in [0.3, 0.4) is 0 Å². The van der Waals surface area contributed by atoms with Crippen molar-refractivity contribution in [2.75, 3.05) is 13.2 Å². The van der Waals surface area contributed by atoms with E-state index in [0.29, 0.717) is 63.4 Å². The van der Waals surface area contributed by atoms with E-state index in [2.05, 4.69) is 53.3 Å².